The van der Waals surface area contributed by atoms with E-state index in [9.17, 15) is 18.4 Å². The smallest absolute Gasteiger partial charge is 0.253 e. The molecule has 8 heteroatoms. The maximum absolute atomic E-state index is 14.3. The molecule has 1 aromatic carbocycles. The van der Waals surface area contributed by atoms with Crippen LogP contribution in [-0.4, -0.2) is 15.5 Å². The zero-order valence-corrected chi connectivity index (χ0v) is 14.9. The summed E-state index contributed by atoms with van der Waals surface area (Å²) >= 11 is 5.71. The van der Waals surface area contributed by atoms with E-state index >= 15 is 0 Å². The molecule has 27 heavy (non-hydrogen) atoms. The highest BCUT2D eigenvalue weighted by Crippen LogP contribution is 2.26. The van der Waals surface area contributed by atoms with Crippen LogP contribution in [0.25, 0.3) is 0 Å². The Morgan fingerprint density at radius 3 is 2.63 bits per heavy atom. The monoisotopic (exact) mass is 389 g/mol. The van der Waals surface area contributed by atoms with Crippen LogP contribution in [-0.2, 0) is 7.05 Å². The highest BCUT2D eigenvalue weighted by molar-refractivity contribution is 6.30. The van der Waals surface area contributed by atoms with Crippen LogP contribution >= 0.6 is 11.6 Å². The number of benzene rings is 1. The number of halogens is 3. The van der Waals surface area contributed by atoms with Crippen LogP contribution in [0.1, 0.15) is 27.7 Å². The van der Waals surface area contributed by atoms with E-state index in [0.717, 1.165) is 6.07 Å². The Kier molecular flexibility index (Phi) is 5.32. The van der Waals surface area contributed by atoms with E-state index in [0.29, 0.717) is 0 Å². The lowest BCUT2D eigenvalue weighted by Gasteiger charge is -2.20. The molecule has 1 N–H and O–H groups in total. The van der Waals surface area contributed by atoms with E-state index in [1.807, 2.05) is 0 Å². The molecule has 0 saturated heterocycles. The standard InChI is InChI=1S/C19H14ClF2N3O2/c1-25-10-12(5-7-16(25)26)19(27)24-17(18-14(21)3-2-8-23-18)11-4-6-13(20)15(22)9-11/h2-10,17H,1H3,(H,24,27)/t17-/m0/s1. The quantitative estimate of drug-likeness (QED) is 0.745. The Bertz CT molecular complexity index is 1070. The third-order valence-electron chi connectivity index (χ3n) is 3.96. The number of amides is 1. The Morgan fingerprint density at radius 2 is 1.96 bits per heavy atom. The second-order valence-corrected chi connectivity index (χ2v) is 6.22. The average molecular weight is 390 g/mol. The van der Waals surface area contributed by atoms with Crippen molar-refractivity contribution in [2.75, 3.05) is 0 Å². The van der Waals surface area contributed by atoms with Crippen molar-refractivity contribution in [3.05, 3.63) is 98.7 Å². The van der Waals surface area contributed by atoms with Crippen molar-refractivity contribution in [1.29, 1.82) is 0 Å². The van der Waals surface area contributed by atoms with Gasteiger partial charge in [-0.05, 0) is 35.9 Å². The van der Waals surface area contributed by atoms with Crippen LogP contribution in [0, 0.1) is 11.6 Å². The lowest BCUT2D eigenvalue weighted by atomic mass is 10.0. The van der Waals surface area contributed by atoms with Crippen LogP contribution in [0.4, 0.5) is 8.78 Å². The summed E-state index contributed by atoms with van der Waals surface area (Å²) < 4.78 is 29.5. The molecule has 138 valence electrons. The van der Waals surface area contributed by atoms with Crippen molar-refractivity contribution in [2.45, 2.75) is 6.04 Å². The summed E-state index contributed by atoms with van der Waals surface area (Å²) in [6.45, 7) is 0. The fraction of sp³-hybridized carbons (Fsp3) is 0.105. The van der Waals surface area contributed by atoms with Gasteiger partial charge in [0.1, 0.15) is 17.3 Å². The summed E-state index contributed by atoms with van der Waals surface area (Å²) in [4.78, 5) is 28.1. The molecule has 0 bridgehead atoms. The van der Waals surface area contributed by atoms with Gasteiger partial charge in [-0.25, -0.2) is 8.78 Å². The van der Waals surface area contributed by atoms with Gasteiger partial charge in [0.2, 0.25) is 5.56 Å². The van der Waals surface area contributed by atoms with Crippen molar-refractivity contribution in [2.24, 2.45) is 7.05 Å². The van der Waals surface area contributed by atoms with E-state index in [1.54, 1.807) is 0 Å². The Labute approximate surface area is 158 Å². The Hall–Kier alpha value is -3.06. The molecule has 0 aliphatic rings. The Morgan fingerprint density at radius 1 is 1.19 bits per heavy atom. The number of aromatic nitrogens is 2. The van der Waals surface area contributed by atoms with Crippen LogP contribution in [0.5, 0.6) is 0 Å². The van der Waals surface area contributed by atoms with Gasteiger partial charge in [-0.1, -0.05) is 17.7 Å². The minimum absolute atomic E-state index is 0.0719. The maximum atomic E-state index is 14.3. The molecular formula is C19H14ClF2N3O2. The molecule has 3 rings (SSSR count). The molecule has 0 spiro atoms. The van der Waals surface area contributed by atoms with E-state index in [4.69, 9.17) is 11.6 Å². The molecular weight excluding hydrogens is 376 g/mol. The molecule has 3 aromatic rings. The lowest BCUT2D eigenvalue weighted by molar-refractivity contribution is 0.0941. The summed E-state index contributed by atoms with van der Waals surface area (Å²) in [6, 6.07) is 8.06. The molecule has 0 aliphatic heterocycles. The highest BCUT2D eigenvalue weighted by atomic mass is 35.5. The predicted molar refractivity (Wildman–Crippen MR) is 96.6 cm³/mol. The third kappa shape index (κ3) is 4.03. The predicted octanol–water partition coefficient (Wildman–Crippen LogP) is 3.23. The molecule has 0 aliphatic carbocycles. The van der Waals surface area contributed by atoms with Crippen LogP contribution in [0.15, 0.2) is 59.7 Å². The fourth-order valence-electron chi connectivity index (χ4n) is 2.55. The number of rotatable bonds is 4. The van der Waals surface area contributed by atoms with E-state index < -0.39 is 23.6 Å². The molecule has 1 amide bonds. The van der Waals surface area contributed by atoms with Crippen LogP contribution in [0.3, 0.4) is 0 Å². The number of hydrogen-bond acceptors (Lipinski definition) is 3. The van der Waals surface area contributed by atoms with Gasteiger partial charge in [0, 0.05) is 25.5 Å². The summed E-state index contributed by atoms with van der Waals surface area (Å²) in [5.74, 6) is -1.93. The Balaban J connectivity index is 2.03. The molecule has 0 unspecified atom stereocenters. The van der Waals surface area contributed by atoms with Crippen molar-refractivity contribution in [3.8, 4) is 0 Å². The molecule has 2 heterocycles. The average Bonchev–Trinajstić information content (AvgIpc) is 2.65. The first kappa shape index (κ1) is 18.7. The fourth-order valence-corrected chi connectivity index (χ4v) is 2.67. The van der Waals surface area contributed by atoms with Gasteiger partial charge in [-0.2, -0.15) is 0 Å². The van der Waals surface area contributed by atoms with Crippen LogP contribution < -0.4 is 10.9 Å². The van der Waals surface area contributed by atoms with Crippen molar-refractivity contribution >= 4 is 17.5 Å². The third-order valence-corrected chi connectivity index (χ3v) is 4.27. The topological polar surface area (TPSA) is 64.0 Å². The number of hydrogen-bond donors (Lipinski definition) is 1. The van der Waals surface area contributed by atoms with Gasteiger partial charge < -0.3 is 9.88 Å². The van der Waals surface area contributed by atoms with Crippen LogP contribution in [0.2, 0.25) is 5.02 Å². The number of carbonyl (C=O) groups excluding carboxylic acids is 1. The SMILES string of the molecule is Cn1cc(C(=O)N[C@@H](c2ccc(Cl)c(F)c2)c2ncccc2F)ccc1=O. The normalized spacial score (nSPS) is 11.9. The van der Waals surface area contributed by atoms with E-state index in [1.165, 1.54) is 60.4 Å². The maximum Gasteiger partial charge on any atom is 0.253 e. The van der Waals surface area contributed by atoms with Crippen molar-refractivity contribution in [3.63, 3.8) is 0 Å². The van der Waals surface area contributed by atoms with Gasteiger partial charge in [0.25, 0.3) is 5.91 Å². The number of nitrogens with zero attached hydrogens (tertiary/aromatic N) is 2. The molecule has 5 nitrogen and oxygen atoms in total. The second-order valence-electron chi connectivity index (χ2n) is 5.82. The van der Waals surface area contributed by atoms with Gasteiger partial charge in [-0.15, -0.1) is 0 Å². The summed E-state index contributed by atoms with van der Waals surface area (Å²) in [6.07, 6.45) is 2.72. The molecule has 1 atom stereocenters. The lowest BCUT2D eigenvalue weighted by Crippen LogP contribution is -2.31. The van der Waals surface area contributed by atoms with E-state index in [-0.39, 0.29) is 27.4 Å². The van der Waals surface area contributed by atoms with Gasteiger partial charge >= 0.3 is 0 Å². The summed E-state index contributed by atoms with van der Waals surface area (Å²) in [5, 5.41) is 2.54. The molecule has 0 fully saturated rings. The molecule has 0 saturated carbocycles. The number of nitrogens with one attached hydrogen (secondary N) is 1. The van der Waals surface area contributed by atoms with Gasteiger partial charge in [0.15, 0.2) is 0 Å². The highest BCUT2D eigenvalue weighted by Gasteiger charge is 2.23. The van der Waals surface area contributed by atoms with Gasteiger partial charge in [0.05, 0.1) is 16.6 Å². The summed E-state index contributed by atoms with van der Waals surface area (Å²) in [7, 11) is 1.50. The summed E-state index contributed by atoms with van der Waals surface area (Å²) in [5.41, 5.74) is 0.108. The van der Waals surface area contributed by atoms with Crippen molar-refractivity contribution < 1.29 is 13.6 Å². The zero-order valence-electron chi connectivity index (χ0n) is 14.1. The first-order chi connectivity index (χ1) is 12.9. The largest absolute Gasteiger partial charge is 0.339 e. The number of pyridine rings is 2. The second kappa shape index (κ2) is 7.67. The molecule has 2 aromatic heterocycles. The first-order valence-corrected chi connectivity index (χ1v) is 8.27. The zero-order chi connectivity index (χ0) is 19.6. The number of aryl methyl sites for hydroxylation is 1. The number of carbonyl (C=O) groups is 1. The van der Waals surface area contributed by atoms with Crippen molar-refractivity contribution in [1.82, 2.24) is 14.9 Å². The van der Waals surface area contributed by atoms with E-state index in [2.05, 4.69) is 10.3 Å². The first-order valence-electron chi connectivity index (χ1n) is 7.89. The minimum atomic E-state index is -1.05. The molecule has 0 radical (unpaired) electrons. The minimum Gasteiger partial charge on any atom is -0.339 e. The van der Waals surface area contributed by atoms with Gasteiger partial charge in [-0.3, -0.25) is 14.6 Å².